The van der Waals surface area contributed by atoms with Crippen LogP contribution in [-0.4, -0.2) is 18.6 Å². The largest absolute Gasteiger partial charge is 0.494 e. The molecule has 0 heterocycles. The molecule has 20 heavy (non-hydrogen) atoms. The van der Waals surface area contributed by atoms with Gasteiger partial charge in [-0.15, -0.1) is 0 Å². The van der Waals surface area contributed by atoms with Gasteiger partial charge >= 0.3 is 0 Å². The molecule has 0 spiro atoms. The van der Waals surface area contributed by atoms with Gasteiger partial charge in [0, 0.05) is 12.5 Å². The molecule has 0 saturated heterocycles. The maximum absolute atomic E-state index is 11.6. The molecule has 0 aliphatic heterocycles. The molecule has 3 heteroatoms. The Labute approximate surface area is 122 Å². The van der Waals surface area contributed by atoms with Gasteiger partial charge in [0.15, 0.2) is 0 Å². The molecule has 1 unspecified atom stereocenters. The van der Waals surface area contributed by atoms with Crippen LogP contribution in [0.15, 0.2) is 24.3 Å². The number of rotatable bonds is 8. The van der Waals surface area contributed by atoms with E-state index >= 15 is 0 Å². The van der Waals surface area contributed by atoms with Crippen LogP contribution in [0.2, 0.25) is 0 Å². The Kier molecular flexibility index (Phi) is 7.13. The number of nitrogens with one attached hydrogen (secondary N) is 1. The molecule has 3 nitrogen and oxygen atoms in total. The van der Waals surface area contributed by atoms with E-state index in [0.29, 0.717) is 18.9 Å². The van der Waals surface area contributed by atoms with E-state index in [0.717, 1.165) is 18.6 Å². The predicted octanol–water partition coefficient (Wildman–Crippen LogP) is 3.88. The highest BCUT2D eigenvalue weighted by molar-refractivity contribution is 5.76. The van der Waals surface area contributed by atoms with E-state index in [-0.39, 0.29) is 11.9 Å². The van der Waals surface area contributed by atoms with Crippen molar-refractivity contribution < 1.29 is 9.53 Å². The normalized spacial score (nSPS) is 12.2. The van der Waals surface area contributed by atoms with Crippen LogP contribution in [0.3, 0.4) is 0 Å². The first kappa shape index (κ1) is 16.5. The fourth-order valence-electron chi connectivity index (χ4n) is 1.82. The van der Waals surface area contributed by atoms with Crippen LogP contribution < -0.4 is 10.1 Å². The maximum Gasteiger partial charge on any atom is 0.220 e. The minimum Gasteiger partial charge on any atom is -0.494 e. The van der Waals surface area contributed by atoms with Crippen LogP contribution in [0.5, 0.6) is 5.75 Å². The number of amides is 1. The molecule has 0 aliphatic carbocycles. The van der Waals surface area contributed by atoms with Gasteiger partial charge in [0.2, 0.25) is 5.91 Å². The van der Waals surface area contributed by atoms with Crippen molar-refractivity contribution in [1.29, 1.82) is 0 Å². The monoisotopic (exact) mass is 277 g/mol. The summed E-state index contributed by atoms with van der Waals surface area (Å²) < 4.78 is 5.64. The van der Waals surface area contributed by atoms with Crippen molar-refractivity contribution >= 4 is 5.91 Å². The second kappa shape index (κ2) is 8.62. The first-order valence-corrected chi connectivity index (χ1v) is 7.55. The van der Waals surface area contributed by atoms with E-state index in [1.165, 1.54) is 5.56 Å². The molecule has 0 aromatic heterocycles. The fourth-order valence-corrected chi connectivity index (χ4v) is 1.82. The van der Waals surface area contributed by atoms with Crippen LogP contribution in [-0.2, 0) is 4.79 Å². The average Bonchev–Trinajstić information content (AvgIpc) is 2.44. The Morgan fingerprint density at radius 3 is 2.40 bits per heavy atom. The summed E-state index contributed by atoms with van der Waals surface area (Å²) in [6, 6.07) is 8.43. The summed E-state index contributed by atoms with van der Waals surface area (Å²) in [4.78, 5) is 11.6. The second-order valence-corrected chi connectivity index (χ2v) is 5.55. The number of ether oxygens (including phenoxy) is 1. The number of carbonyl (C=O) groups excluding carboxylic acids is 1. The van der Waals surface area contributed by atoms with Crippen molar-refractivity contribution in [3.05, 3.63) is 29.8 Å². The van der Waals surface area contributed by atoms with E-state index in [9.17, 15) is 4.79 Å². The molecule has 1 aromatic rings. The Morgan fingerprint density at radius 2 is 1.85 bits per heavy atom. The summed E-state index contributed by atoms with van der Waals surface area (Å²) in [6.07, 6.45) is 2.23. The molecule has 0 bridgehead atoms. The van der Waals surface area contributed by atoms with Gasteiger partial charge in [-0.3, -0.25) is 4.79 Å². The van der Waals surface area contributed by atoms with Crippen molar-refractivity contribution in [2.45, 2.75) is 58.9 Å². The first-order valence-electron chi connectivity index (χ1n) is 7.55. The lowest BCUT2D eigenvalue weighted by atomic mass is 10.0. The number of hydrogen-bond acceptors (Lipinski definition) is 2. The van der Waals surface area contributed by atoms with Crippen LogP contribution >= 0.6 is 0 Å². The Bertz CT molecular complexity index is 398. The third kappa shape index (κ3) is 6.09. The third-order valence-electron chi connectivity index (χ3n) is 3.38. The topological polar surface area (TPSA) is 38.3 Å². The van der Waals surface area contributed by atoms with E-state index in [1.807, 2.05) is 19.1 Å². The van der Waals surface area contributed by atoms with Gasteiger partial charge in [-0.05, 0) is 43.4 Å². The number of benzene rings is 1. The molecule has 0 saturated carbocycles. The van der Waals surface area contributed by atoms with Gasteiger partial charge in [-0.1, -0.05) is 32.9 Å². The number of hydrogen-bond donors (Lipinski definition) is 1. The van der Waals surface area contributed by atoms with Crippen molar-refractivity contribution in [3.8, 4) is 5.75 Å². The molecule has 1 amide bonds. The van der Waals surface area contributed by atoms with Gasteiger partial charge in [0.25, 0.3) is 0 Å². The van der Waals surface area contributed by atoms with Gasteiger partial charge < -0.3 is 10.1 Å². The van der Waals surface area contributed by atoms with Crippen molar-refractivity contribution in [2.75, 3.05) is 6.61 Å². The molecule has 0 radical (unpaired) electrons. The Balaban J connectivity index is 2.22. The Hall–Kier alpha value is -1.51. The third-order valence-corrected chi connectivity index (χ3v) is 3.38. The van der Waals surface area contributed by atoms with Gasteiger partial charge in [0.1, 0.15) is 5.75 Å². The number of carbonyl (C=O) groups is 1. The Morgan fingerprint density at radius 1 is 1.20 bits per heavy atom. The van der Waals surface area contributed by atoms with Gasteiger partial charge in [0.05, 0.1) is 6.61 Å². The molecular formula is C17H27NO2. The predicted molar refractivity (Wildman–Crippen MR) is 83.2 cm³/mol. The van der Waals surface area contributed by atoms with Gasteiger partial charge in [-0.25, -0.2) is 0 Å². The zero-order chi connectivity index (χ0) is 15.0. The molecule has 1 rings (SSSR count). The standard InChI is InChI=1S/C17H27NO2/c1-5-14(4)18-17(19)7-6-12-20-16-10-8-15(9-11-16)13(2)3/h8-11,13-14H,5-7,12H2,1-4H3,(H,18,19). The summed E-state index contributed by atoms with van der Waals surface area (Å²) in [5, 5.41) is 2.95. The minimum atomic E-state index is 0.109. The smallest absolute Gasteiger partial charge is 0.220 e. The lowest BCUT2D eigenvalue weighted by Crippen LogP contribution is -2.31. The maximum atomic E-state index is 11.6. The minimum absolute atomic E-state index is 0.109. The van der Waals surface area contributed by atoms with Crippen molar-refractivity contribution in [1.82, 2.24) is 5.32 Å². The second-order valence-electron chi connectivity index (χ2n) is 5.55. The molecule has 1 atom stereocenters. The van der Waals surface area contributed by atoms with Gasteiger partial charge in [-0.2, -0.15) is 0 Å². The highest BCUT2D eigenvalue weighted by Crippen LogP contribution is 2.18. The molecule has 1 aromatic carbocycles. The SMILES string of the molecule is CCC(C)NC(=O)CCCOc1ccc(C(C)C)cc1. The summed E-state index contributed by atoms with van der Waals surface area (Å²) in [7, 11) is 0. The highest BCUT2D eigenvalue weighted by atomic mass is 16.5. The lowest BCUT2D eigenvalue weighted by Gasteiger charge is -2.11. The average molecular weight is 277 g/mol. The molecular weight excluding hydrogens is 250 g/mol. The van der Waals surface area contributed by atoms with Crippen LogP contribution in [0.25, 0.3) is 0 Å². The van der Waals surface area contributed by atoms with Crippen molar-refractivity contribution in [2.24, 2.45) is 0 Å². The van der Waals surface area contributed by atoms with E-state index in [1.54, 1.807) is 0 Å². The van der Waals surface area contributed by atoms with Crippen molar-refractivity contribution in [3.63, 3.8) is 0 Å². The van der Waals surface area contributed by atoms with E-state index < -0.39 is 0 Å². The fraction of sp³-hybridized carbons (Fsp3) is 0.588. The van der Waals surface area contributed by atoms with Crippen LogP contribution in [0, 0.1) is 0 Å². The molecule has 1 N–H and O–H groups in total. The quantitative estimate of drug-likeness (QED) is 0.732. The highest BCUT2D eigenvalue weighted by Gasteiger charge is 2.05. The molecule has 0 fully saturated rings. The zero-order valence-electron chi connectivity index (χ0n) is 13.1. The first-order chi connectivity index (χ1) is 9.52. The van der Waals surface area contributed by atoms with Crippen LogP contribution in [0.4, 0.5) is 0 Å². The summed E-state index contributed by atoms with van der Waals surface area (Å²) in [6.45, 7) is 9.01. The summed E-state index contributed by atoms with van der Waals surface area (Å²) in [5.74, 6) is 1.52. The summed E-state index contributed by atoms with van der Waals surface area (Å²) >= 11 is 0. The van der Waals surface area contributed by atoms with E-state index in [2.05, 4.69) is 38.2 Å². The zero-order valence-corrected chi connectivity index (χ0v) is 13.1. The summed E-state index contributed by atoms with van der Waals surface area (Å²) in [5.41, 5.74) is 1.31. The van der Waals surface area contributed by atoms with Crippen LogP contribution in [0.1, 0.15) is 58.4 Å². The van der Waals surface area contributed by atoms with E-state index in [4.69, 9.17) is 4.74 Å². The molecule has 0 aliphatic rings. The lowest BCUT2D eigenvalue weighted by molar-refractivity contribution is -0.121. The molecule has 112 valence electrons.